The zero-order chi connectivity index (χ0) is 16.8. The molecule has 1 fully saturated rings. The van der Waals surface area contributed by atoms with Gasteiger partial charge >= 0.3 is 6.03 Å². The highest BCUT2D eigenvalue weighted by Gasteiger charge is 2.24. The summed E-state index contributed by atoms with van der Waals surface area (Å²) in [5.74, 6) is 0.402. The number of likely N-dealkylation sites (tertiary alicyclic amines) is 1. The lowest BCUT2D eigenvalue weighted by Gasteiger charge is -2.33. The molecule has 1 aromatic carbocycles. The molecule has 5 heteroatoms. The third kappa shape index (κ3) is 4.98. The molecular weight excluding hydrogens is 290 g/mol. The topological polar surface area (TPSA) is 61.4 Å². The van der Waals surface area contributed by atoms with Crippen molar-refractivity contribution in [3.8, 4) is 0 Å². The Morgan fingerprint density at radius 3 is 2.74 bits per heavy atom. The molecule has 0 aromatic heterocycles. The summed E-state index contributed by atoms with van der Waals surface area (Å²) in [6, 6.07) is 7.72. The maximum atomic E-state index is 12.4. The Labute approximate surface area is 138 Å². The van der Waals surface area contributed by atoms with Crippen molar-refractivity contribution in [1.29, 1.82) is 0 Å². The van der Waals surface area contributed by atoms with Crippen LogP contribution in [0.4, 0.5) is 10.5 Å². The van der Waals surface area contributed by atoms with Gasteiger partial charge in [0.25, 0.3) is 0 Å². The maximum absolute atomic E-state index is 12.4. The molecular formula is C18H27N3O2. The number of nitrogens with zero attached hydrogens (tertiary/aromatic N) is 1. The van der Waals surface area contributed by atoms with Crippen molar-refractivity contribution in [3.63, 3.8) is 0 Å². The van der Waals surface area contributed by atoms with Gasteiger partial charge in [0.15, 0.2) is 0 Å². The second kappa shape index (κ2) is 7.99. The second-order valence-electron chi connectivity index (χ2n) is 6.60. The minimum atomic E-state index is -0.0563. The fourth-order valence-electron chi connectivity index (χ4n) is 2.77. The van der Waals surface area contributed by atoms with E-state index in [1.54, 1.807) is 0 Å². The van der Waals surface area contributed by atoms with Gasteiger partial charge in [0.05, 0.1) is 0 Å². The summed E-state index contributed by atoms with van der Waals surface area (Å²) in [6.45, 7) is 7.86. The second-order valence-corrected chi connectivity index (χ2v) is 6.60. The molecule has 2 N–H and O–H groups in total. The third-order valence-electron chi connectivity index (χ3n) is 4.28. The van der Waals surface area contributed by atoms with Gasteiger partial charge in [0, 0.05) is 31.2 Å². The number of carbonyl (C=O) groups is 2. The van der Waals surface area contributed by atoms with Crippen molar-refractivity contribution in [3.05, 3.63) is 29.8 Å². The summed E-state index contributed by atoms with van der Waals surface area (Å²) in [6.07, 6.45) is 2.02. The normalized spacial score (nSPS) is 17.9. The molecule has 0 saturated carbocycles. The number of benzene rings is 1. The first kappa shape index (κ1) is 17.3. The van der Waals surface area contributed by atoms with E-state index >= 15 is 0 Å². The van der Waals surface area contributed by atoms with Crippen molar-refractivity contribution < 1.29 is 9.59 Å². The fourth-order valence-corrected chi connectivity index (χ4v) is 2.77. The number of urea groups is 1. The van der Waals surface area contributed by atoms with Gasteiger partial charge in [-0.25, -0.2) is 4.79 Å². The van der Waals surface area contributed by atoms with Crippen LogP contribution in [0.25, 0.3) is 0 Å². The van der Waals surface area contributed by atoms with Crippen LogP contribution < -0.4 is 10.6 Å². The number of nitrogens with one attached hydrogen (secondary N) is 2. The van der Waals surface area contributed by atoms with Crippen molar-refractivity contribution in [2.75, 3.05) is 25.0 Å². The first-order valence-electron chi connectivity index (χ1n) is 8.36. The maximum Gasteiger partial charge on any atom is 0.321 e. The van der Waals surface area contributed by atoms with Crippen LogP contribution in [0.15, 0.2) is 24.3 Å². The van der Waals surface area contributed by atoms with E-state index in [0.29, 0.717) is 19.0 Å². The summed E-state index contributed by atoms with van der Waals surface area (Å²) in [4.78, 5) is 26.0. The summed E-state index contributed by atoms with van der Waals surface area (Å²) < 4.78 is 0. The first-order chi connectivity index (χ1) is 11.0. The predicted molar refractivity (Wildman–Crippen MR) is 92.3 cm³/mol. The first-order valence-corrected chi connectivity index (χ1v) is 8.36. The standard InChI is InChI=1S/C18H27N3O2/c1-13(2)17(22)19-11-15-8-6-10-21(12-15)18(23)20-16-9-5-4-7-14(16)3/h4-5,7,9,13,15H,6,8,10-12H2,1-3H3,(H,19,22)(H,20,23)/t15-/m1/s1. The van der Waals surface area contributed by atoms with Crippen molar-refractivity contribution in [2.45, 2.75) is 33.6 Å². The number of carbonyl (C=O) groups excluding carboxylic acids is 2. The van der Waals surface area contributed by atoms with Gasteiger partial charge in [-0.1, -0.05) is 32.0 Å². The van der Waals surface area contributed by atoms with Crippen LogP contribution in [0.2, 0.25) is 0 Å². The third-order valence-corrected chi connectivity index (χ3v) is 4.28. The molecule has 126 valence electrons. The molecule has 0 radical (unpaired) electrons. The van der Waals surface area contributed by atoms with E-state index in [1.165, 1.54) is 0 Å². The van der Waals surface area contributed by atoms with Gasteiger partial charge in [-0.15, -0.1) is 0 Å². The molecule has 3 amide bonds. The van der Waals surface area contributed by atoms with Crippen LogP contribution in [-0.4, -0.2) is 36.5 Å². The number of para-hydroxylation sites is 1. The summed E-state index contributed by atoms with van der Waals surface area (Å²) >= 11 is 0. The molecule has 0 aliphatic carbocycles. The summed E-state index contributed by atoms with van der Waals surface area (Å²) in [7, 11) is 0. The monoisotopic (exact) mass is 317 g/mol. The zero-order valence-electron chi connectivity index (χ0n) is 14.3. The minimum absolute atomic E-state index is 0.000881. The van der Waals surface area contributed by atoms with Gasteiger partial charge in [-0.3, -0.25) is 4.79 Å². The van der Waals surface area contributed by atoms with Crippen LogP contribution in [0, 0.1) is 18.8 Å². The average molecular weight is 317 g/mol. The Balaban J connectivity index is 1.86. The molecule has 0 spiro atoms. The molecule has 23 heavy (non-hydrogen) atoms. The van der Waals surface area contributed by atoms with Crippen molar-refractivity contribution in [2.24, 2.45) is 11.8 Å². The molecule has 0 bridgehead atoms. The lowest BCUT2D eigenvalue weighted by molar-refractivity contribution is -0.124. The van der Waals surface area contributed by atoms with Crippen molar-refractivity contribution >= 4 is 17.6 Å². The molecule has 1 heterocycles. The SMILES string of the molecule is Cc1ccccc1NC(=O)N1CCC[C@H](CNC(=O)C(C)C)C1. The van der Waals surface area contributed by atoms with Gasteiger partial charge in [-0.2, -0.15) is 0 Å². The minimum Gasteiger partial charge on any atom is -0.356 e. The Bertz CT molecular complexity index is 557. The van der Waals surface area contributed by atoms with Crippen LogP contribution in [0.5, 0.6) is 0 Å². The predicted octanol–water partition coefficient (Wildman–Crippen LogP) is 3.01. The largest absolute Gasteiger partial charge is 0.356 e. The lowest BCUT2D eigenvalue weighted by Crippen LogP contribution is -2.45. The highest BCUT2D eigenvalue weighted by atomic mass is 16.2. The number of aryl methyl sites for hydroxylation is 1. The molecule has 0 unspecified atom stereocenters. The smallest absolute Gasteiger partial charge is 0.321 e. The summed E-state index contributed by atoms with van der Waals surface area (Å²) in [5.41, 5.74) is 1.91. The number of hydrogen-bond donors (Lipinski definition) is 2. The van der Waals surface area contributed by atoms with Crippen molar-refractivity contribution in [1.82, 2.24) is 10.2 Å². The Morgan fingerprint density at radius 1 is 1.30 bits per heavy atom. The van der Waals surface area contributed by atoms with Crippen LogP contribution in [0.1, 0.15) is 32.3 Å². The zero-order valence-corrected chi connectivity index (χ0v) is 14.3. The van der Waals surface area contributed by atoms with E-state index in [2.05, 4.69) is 10.6 Å². The Morgan fingerprint density at radius 2 is 2.04 bits per heavy atom. The van der Waals surface area contributed by atoms with Gasteiger partial charge in [-0.05, 0) is 37.3 Å². The van der Waals surface area contributed by atoms with Gasteiger partial charge < -0.3 is 15.5 Å². The highest BCUT2D eigenvalue weighted by Crippen LogP contribution is 2.19. The van der Waals surface area contributed by atoms with Crippen LogP contribution in [0.3, 0.4) is 0 Å². The van der Waals surface area contributed by atoms with E-state index in [9.17, 15) is 9.59 Å². The van der Waals surface area contributed by atoms with Crippen LogP contribution in [-0.2, 0) is 4.79 Å². The number of anilines is 1. The Kier molecular flexibility index (Phi) is 6.02. The number of rotatable bonds is 4. The van der Waals surface area contributed by atoms with Gasteiger partial charge in [0.2, 0.25) is 5.91 Å². The average Bonchev–Trinajstić information content (AvgIpc) is 2.54. The van der Waals surface area contributed by atoms with Crippen LogP contribution >= 0.6 is 0 Å². The quantitative estimate of drug-likeness (QED) is 0.897. The molecule has 1 aliphatic heterocycles. The number of piperidine rings is 1. The molecule has 2 rings (SSSR count). The van der Waals surface area contributed by atoms with E-state index in [-0.39, 0.29) is 17.9 Å². The van der Waals surface area contributed by atoms with E-state index in [4.69, 9.17) is 0 Å². The molecule has 1 saturated heterocycles. The van der Waals surface area contributed by atoms with E-state index in [0.717, 1.165) is 30.6 Å². The summed E-state index contributed by atoms with van der Waals surface area (Å²) in [5, 5.41) is 5.96. The fraction of sp³-hybridized carbons (Fsp3) is 0.556. The molecule has 5 nitrogen and oxygen atoms in total. The Hall–Kier alpha value is -2.04. The molecule has 1 atom stereocenters. The number of amides is 3. The molecule has 1 aliphatic rings. The van der Waals surface area contributed by atoms with Gasteiger partial charge in [0.1, 0.15) is 0 Å². The lowest BCUT2D eigenvalue weighted by atomic mass is 9.98. The highest BCUT2D eigenvalue weighted by molar-refractivity contribution is 5.90. The molecule has 1 aromatic rings. The van der Waals surface area contributed by atoms with E-state index in [1.807, 2.05) is 49.9 Å². The van der Waals surface area contributed by atoms with E-state index < -0.39 is 0 Å². The number of hydrogen-bond acceptors (Lipinski definition) is 2.